The molecule has 1 unspecified atom stereocenters. The second-order valence-corrected chi connectivity index (χ2v) is 10.1. The molecule has 0 heterocycles. The van der Waals surface area contributed by atoms with Crippen LogP contribution >= 0.6 is 0 Å². The zero-order chi connectivity index (χ0) is 16.5. The highest BCUT2D eigenvalue weighted by Crippen LogP contribution is 2.65. The number of aliphatic hydroxyl groups excluding tert-OH is 1. The summed E-state index contributed by atoms with van der Waals surface area (Å²) in [4.78, 5) is 0. The first kappa shape index (κ1) is 15.9. The number of rotatable bonds is 2. The Kier molecular flexibility index (Phi) is 3.53. The van der Waals surface area contributed by atoms with E-state index in [0.717, 1.165) is 30.6 Å². The van der Waals surface area contributed by atoms with E-state index >= 15 is 0 Å². The summed E-state index contributed by atoms with van der Waals surface area (Å²) < 4.78 is 6.47. The predicted molar refractivity (Wildman–Crippen MR) is 95.6 cm³/mol. The van der Waals surface area contributed by atoms with Gasteiger partial charge in [-0.05, 0) is 92.8 Å². The van der Waals surface area contributed by atoms with Crippen LogP contribution in [0.3, 0.4) is 0 Å². The van der Waals surface area contributed by atoms with Crippen LogP contribution in [0, 0.1) is 28.6 Å². The average Bonchev–Trinajstić information content (AvgIpc) is 3.31. The molecule has 24 heavy (non-hydrogen) atoms. The minimum Gasteiger partial charge on any atom is -0.393 e. The van der Waals surface area contributed by atoms with Gasteiger partial charge in [-0.1, -0.05) is 25.5 Å². The predicted octanol–water partition coefficient (Wildman–Crippen LogP) is 4.86. The molecule has 5 rings (SSSR count). The van der Waals surface area contributed by atoms with Gasteiger partial charge in [-0.25, -0.2) is 0 Å². The van der Waals surface area contributed by atoms with Gasteiger partial charge >= 0.3 is 0 Å². The van der Waals surface area contributed by atoms with Gasteiger partial charge < -0.3 is 9.84 Å². The zero-order valence-corrected chi connectivity index (χ0v) is 15.5. The van der Waals surface area contributed by atoms with Crippen molar-refractivity contribution in [2.45, 2.75) is 96.4 Å². The molecule has 0 aliphatic heterocycles. The lowest BCUT2D eigenvalue weighted by Gasteiger charge is -2.57. The smallest absolute Gasteiger partial charge is 0.0635 e. The summed E-state index contributed by atoms with van der Waals surface area (Å²) >= 11 is 0. The van der Waals surface area contributed by atoms with Crippen LogP contribution in [-0.2, 0) is 4.74 Å². The van der Waals surface area contributed by atoms with Gasteiger partial charge in [-0.2, -0.15) is 0 Å². The molecule has 0 radical (unpaired) electrons. The van der Waals surface area contributed by atoms with Gasteiger partial charge in [-0.3, -0.25) is 0 Å². The third-order valence-electron chi connectivity index (χ3n) is 8.87. The van der Waals surface area contributed by atoms with E-state index in [-0.39, 0.29) is 6.10 Å². The molecule has 0 spiro atoms. The first-order chi connectivity index (χ1) is 11.5. The van der Waals surface area contributed by atoms with Crippen molar-refractivity contribution < 1.29 is 9.84 Å². The normalized spacial score (nSPS) is 53.8. The molecule has 5 aliphatic rings. The fourth-order valence-corrected chi connectivity index (χ4v) is 7.25. The van der Waals surface area contributed by atoms with Crippen LogP contribution in [0.25, 0.3) is 0 Å². The van der Waals surface area contributed by atoms with Gasteiger partial charge in [0.2, 0.25) is 0 Å². The van der Waals surface area contributed by atoms with Crippen molar-refractivity contribution in [2.24, 2.45) is 28.6 Å². The summed E-state index contributed by atoms with van der Waals surface area (Å²) in [7, 11) is 0. The van der Waals surface area contributed by atoms with Gasteiger partial charge in [0.05, 0.1) is 18.3 Å². The molecule has 2 nitrogen and oxygen atoms in total. The van der Waals surface area contributed by atoms with E-state index < -0.39 is 0 Å². The Morgan fingerprint density at radius 2 is 1.83 bits per heavy atom. The van der Waals surface area contributed by atoms with Crippen molar-refractivity contribution in [3.05, 3.63) is 11.6 Å². The second kappa shape index (κ2) is 5.33. The van der Waals surface area contributed by atoms with Gasteiger partial charge in [0.15, 0.2) is 0 Å². The number of allylic oxidation sites excluding steroid dienone is 1. The van der Waals surface area contributed by atoms with Crippen LogP contribution in [0.1, 0.15) is 78.1 Å². The molecular weight excluding hydrogens is 296 g/mol. The molecule has 4 fully saturated rings. The monoisotopic (exact) mass is 330 g/mol. The van der Waals surface area contributed by atoms with Crippen molar-refractivity contribution >= 4 is 0 Å². The SMILES string of the molecule is C[C@]12CC[C@H]3[C@@H](CC=C4CC(O)CC[C@@]43C)[C@@H]1CC[C@@H]2OC1CC1. The number of hydrogen-bond donors (Lipinski definition) is 1. The maximum absolute atomic E-state index is 10.1. The molecule has 134 valence electrons. The standard InChI is InChI=1S/C22H34O2/c1-21-11-9-15(23)13-14(21)3-6-17-18-7-8-20(24-16-4-5-16)22(18,2)12-10-19(17)21/h3,15-20,23H,4-13H2,1-2H3/t15?,17-,18-,19-,20-,21-,22-/m0/s1. The van der Waals surface area contributed by atoms with Gasteiger partial charge in [0.25, 0.3) is 0 Å². The molecule has 0 aromatic heterocycles. The quantitative estimate of drug-likeness (QED) is 0.733. The lowest BCUT2D eigenvalue weighted by molar-refractivity contribution is -0.0975. The molecule has 7 atom stereocenters. The van der Waals surface area contributed by atoms with Gasteiger partial charge in [0.1, 0.15) is 0 Å². The summed E-state index contributed by atoms with van der Waals surface area (Å²) in [6, 6.07) is 0. The Morgan fingerprint density at radius 3 is 2.62 bits per heavy atom. The summed E-state index contributed by atoms with van der Waals surface area (Å²) in [5, 5.41) is 10.1. The highest BCUT2D eigenvalue weighted by Gasteiger charge is 2.59. The largest absolute Gasteiger partial charge is 0.393 e. The van der Waals surface area contributed by atoms with Crippen LogP contribution in [0.5, 0.6) is 0 Å². The topological polar surface area (TPSA) is 29.5 Å². The van der Waals surface area contributed by atoms with E-state index in [2.05, 4.69) is 19.9 Å². The van der Waals surface area contributed by atoms with E-state index in [9.17, 15) is 5.11 Å². The number of aliphatic hydroxyl groups is 1. The highest BCUT2D eigenvalue weighted by atomic mass is 16.5. The van der Waals surface area contributed by atoms with Crippen molar-refractivity contribution in [1.82, 2.24) is 0 Å². The molecule has 1 N–H and O–H groups in total. The molecule has 0 bridgehead atoms. The molecular formula is C22H34O2. The third kappa shape index (κ3) is 2.21. The summed E-state index contributed by atoms with van der Waals surface area (Å²) in [6.45, 7) is 5.08. The van der Waals surface area contributed by atoms with E-state index in [1.165, 1.54) is 51.4 Å². The first-order valence-electron chi connectivity index (χ1n) is 10.5. The fourth-order valence-electron chi connectivity index (χ4n) is 7.25. The second-order valence-electron chi connectivity index (χ2n) is 10.1. The molecule has 0 amide bonds. The maximum atomic E-state index is 10.1. The molecule has 4 saturated carbocycles. The highest BCUT2D eigenvalue weighted by molar-refractivity contribution is 5.25. The summed E-state index contributed by atoms with van der Waals surface area (Å²) in [6.07, 6.45) is 16.0. The molecule has 0 aromatic carbocycles. The Bertz CT molecular complexity index is 550. The van der Waals surface area contributed by atoms with E-state index in [1.807, 2.05) is 0 Å². The van der Waals surface area contributed by atoms with Gasteiger partial charge in [-0.15, -0.1) is 0 Å². The summed E-state index contributed by atoms with van der Waals surface area (Å²) in [5.74, 6) is 2.57. The van der Waals surface area contributed by atoms with Gasteiger partial charge in [0, 0.05) is 0 Å². The van der Waals surface area contributed by atoms with Crippen molar-refractivity contribution in [1.29, 1.82) is 0 Å². The van der Waals surface area contributed by atoms with Crippen LogP contribution < -0.4 is 0 Å². The van der Waals surface area contributed by atoms with E-state index in [0.29, 0.717) is 23.0 Å². The molecule has 0 saturated heterocycles. The van der Waals surface area contributed by atoms with Crippen LogP contribution in [-0.4, -0.2) is 23.4 Å². The van der Waals surface area contributed by atoms with Crippen molar-refractivity contribution in [3.63, 3.8) is 0 Å². The Morgan fingerprint density at radius 1 is 1.00 bits per heavy atom. The van der Waals surface area contributed by atoms with Crippen molar-refractivity contribution in [3.8, 4) is 0 Å². The Hall–Kier alpha value is -0.340. The Balaban J connectivity index is 1.42. The summed E-state index contributed by atoms with van der Waals surface area (Å²) in [5.41, 5.74) is 2.40. The number of hydrogen-bond acceptors (Lipinski definition) is 2. The molecule has 5 aliphatic carbocycles. The van der Waals surface area contributed by atoms with E-state index in [4.69, 9.17) is 4.74 Å². The minimum absolute atomic E-state index is 0.0856. The van der Waals surface area contributed by atoms with E-state index in [1.54, 1.807) is 5.57 Å². The van der Waals surface area contributed by atoms with Crippen LogP contribution in [0.2, 0.25) is 0 Å². The number of fused-ring (bicyclic) bond motifs is 5. The Labute approximate surface area is 147 Å². The average molecular weight is 331 g/mol. The molecule has 0 aromatic rings. The fraction of sp³-hybridized carbons (Fsp3) is 0.909. The van der Waals surface area contributed by atoms with Crippen LogP contribution in [0.15, 0.2) is 11.6 Å². The first-order valence-corrected chi connectivity index (χ1v) is 10.5. The third-order valence-corrected chi connectivity index (χ3v) is 8.87. The molecule has 2 heteroatoms. The lowest BCUT2D eigenvalue weighted by atomic mass is 9.48. The van der Waals surface area contributed by atoms with Crippen LogP contribution in [0.4, 0.5) is 0 Å². The lowest BCUT2D eigenvalue weighted by Crippen LogP contribution is -2.51. The van der Waals surface area contributed by atoms with Crippen molar-refractivity contribution in [2.75, 3.05) is 0 Å². The zero-order valence-electron chi connectivity index (χ0n) is 15.5. The maximum Gasteiger partial charge on any atom is 0.0635 e. The minimum atomic E-state index is -0.0856. The number of ether oxygens (including phenoxy) is 1.